The quantitative estimate of drug-likeness (QED) is 0.363. The predicted octanol–water partition coefficient (Wildman–Crippen LogP) is 4.18. The Morgan fingerprint density at radius 3 is 2.51 bits per heavy atom. The van der Waals surface area contributed by atoms with Crippen LogP contribution in [-0.4, -0.2) is 84.0 Å². The van der Waals surface area contributed by atoms with Crippen molar-refractivity contribution >= 4 is 39.9 Å². The molecule has 5 atom stereocenters. The van der Waals surface area contributed by atoms with Crippen LogP contribution in [0.4, 0.5) is 14.0 Å². The van der Waals surface area contributed by atoms with Crippen LogP contribution in [0.25, 0.3) is 0 Å². The van der Waals surface area contributed by atoms with Gasteiger partial charge in [0, 0.05) is 24.4 Å². The number of nitrogens with zero attached hydrogens (tertiary/aromatic N) is 2. The second-order valence-electron chi connectivity index (χ2n) is 15.7. The molecule has 0 spiro atoms. The highest BCUT2D eigenvalue weighted by molar-refractivity contribution is 7.89. The lowest BCUT2D eigenvalue weighted by Crippen LogP contribution is -2.58. The zero-order valence-electron chi connectivity index (χ0n) is 31.2. The summed E-state index contributed by atoms with van der Waals surface area (Å²) >= 11 is 0. The van der Waals surface area contributed by atoms with Crippen LogP contribution in [0.3, 0.4) is 0 Å². The Hall–Kier alpha value is -4.99. The number of benzene rings is 2. The van der Waals surface area contributed by atoms with Gasteiger partial charge in [-0.1, -0.05) is 67.5 Å². The maximum Gasteiger partial charge on any atom is 0.410 e. The molecular weight excluding hydrogens is 734 g/mol. The Balaban J connectivity index is 1.25. The predicted molar refractivity (Wildman–Crippen MR) is 198 cm³/mol. The Morgan fingerprint density at radius 2 is 1.78 bits per heavy atom. The summed E-state index contributed by atoms with van der Waals surface area (Å²) in [6, 6.07) is 10.6. The highest BCUT2D eigenvalue weighted by Gasteiger charge is 2.61. The van der Waals surface area contributed by atoms with E-state index in [4.69, 9.17) is 9.47 Å². The molecule has 6 rings (SSSR count). The van der Waals surface area contributed by atoms with Gasteiger partial charge in [-0.15, -0.1) is 0 Å². The van der Waals surface area contributed by atoms with Crippen LogP contribution in [0.15, 0.2) is 60.7 Å². The average molecular weight is 782 g/mol. The molecule has 1 saturated heterocycles. The largest absolute Gasteiger partial charge is 0.444 e. The summed E-state index contributed by atoms with van der Waals surface area (Å²) in [5.74, 6) is -3.68. The van der Waals surface area contributed by atoms with Crippen molar-refractivity contribution in [1.82, 2.24) is 25.2 Å². The molecule has 5 amide bonds. The van der Waals surface area contributed by atoms with Crippen LogP contribution in [0, 0.1) is 11.7 Å². The van der Waals surface area contributed by atoms with Crippen molar-refractivity contribution in [3.8, 4) is 0 Å². The molecule has 2 aromatic carbocycles. The minimum Gasteiger partial charge on any atom is -0.444 e. The highest BCUT2D eigenvalue weighted by Crippen LogP contribution is 2.46. The summed E-state index contributed by atoms with van der Waals surface area (Å²) in [4.78, 5) is 71.4. The first-order valence-corrected chi connectivity index (χ1v) is 20.3. The number of carbonyl (C=O) groups is 5. The van der Waals surface area contributed by atoms with E-state index in [0.717, 1.165) is 6.42 Å². The van der Waals surface area contributed by atoms with Crippen LogP contribution in [0.5, 0.6) is 0 Å². The summed E-state index contributed by atoms with van der Waals surface area (Å²) in [7, 11) is -4.17. The summed E-state index contributed by atoms with van der Waals surface area (Å²) in [5.41, 5.74) is -0.982. The molecule has 0 aromatic heterocycles. The number of carbonyl (C=O) groups excluding carboxylic acids is 5. The number of rotatable bonds is 6. The summed E-state index contributed by atoms with van der Waals surface area (Å²) in [6.45, 7) is 4.97. The first-order chi connectivity index (χ1) is 26.0. The van der Waals surface area contributed by atoms with Crippen LogP contribution >= 0.6 is 0 Å². The van der Waals surface area contributed by atoms with Crippen molar-refractivity contribution in [1.29, 1.82) is 0 Å². The number of allylic oxidation sites excluding steroid dienone is 1. The van der Waals surface area contributed by atoms with Gasteiger partial charge in [0.15, 0.2) is 0 Å². The molecule has 2 aromatic rings. The lowest BCUT2D eigenvalue weighted by atomic mass is 10.0. The van der Waals surface area contributed by atoms with Crippen molar-refractivity contribution in [2.75, 3.05) is 6.54 Å². The summed E-state index contributed by atoms with van der Waals surface area (Å²) in [6.07, 6.45) is 4.00. The van der Waals surface area contributed by atoms with E-state index in [0.29, 0.717) is 36.0 Å². The zero-order chi connectivity index (χ0) is 39.5. The van der Waals surface area contributed by atoms with Gasteiger partial charge in [0.1, 0.15) is 35.1 Å². The molecule has 3 aliphatic heterocycles. The fourth-order valence-electron chi connectivity index (χ4n) is 7.40. The second kappa shape index (κ2) is 16.0. The first-order valence-electron chi connectivity index (χ1n) is 18.6. The van der Waals surface area contributed by atoms with Gasteiger partial charge in [-0.05, 0) is 63.6 Å². The van der Waals surface area contributed by atoms with Crippen LogP contribution in [-0.2, 0) is 52.7 Å². The molecule has 4 aliphatic rings. The molecule has 0 radical (unpaired) electrons. The van der Waals surface area contributed by atoms with Gasteiger partial charge in [0.2, 0.25) is 21.8 Å². The zero-order valence-corrected chi connectivity index (χ0v) is 32.0. The van der Waals surface area contributed by atoms with Gasteiger partial charge in [-0.25, -0.2) is 22.4 Å². The van der Waals surface area contributed by atoms with Gasteiger partial charge in [-0.3, -0.25) is 24.0 Å². The van der Waals surface area contributed by atoms with Crippen molar-refractivity contribution in [2.24, 2.45) is 5.92 Å². The first kappa shape index (κ1) is 39.7. The van der Waals surface area contributed by atoms with Crippen LogP contribution in [0.1, 0.15) is 82.4 Å². The fraction of sp³-hybridized carbons (Fsp3) is 0.513. The SMILES string of the molecule is CC(C)(C)OC(=O)N[C@H]1CCCCC/C=C\[C@@H]2C[C@@]2(C(=O)NS(=O)(=O)Cc2ccccc2)NC(=O)[C@@H]2C[C@@H](OC(=O)N3Cc4cccc(F)c4C3)CN2C1=O. The van der Waals surface area contributed by atoms with Gasteiger partial charge >= 0.3 is 12.2 Å². The smallest absolute Gasteiger partial charge is 0.410 e. The molecule has 3 heterocycles. The lowest BCUT2D eigenvalue weighted by molar-refractivity contribution is -0.141. The highest BCUT2D eigenvalue weighted by atomic mass is 32.2. The molecule has 16 heteroatoms. The van der Waals surface area contributed by atoms with Crippen molar-refractivity contribution < 1.29 is 46.3 Å². The third-order valence-corrected chi connectivity index (χ3v) is 11.4. The minimum atomic E-state index is -4.17. The number of alkyl carbamates (subject to hydrolysis) is 1. The number of sulfonamides is 1. The third-order valence-electron chi connectivity index (χ3n) is 10.2. The molecule has 0 bridgehead atoms. The van der Waals surface area contributed by atoms with Crippen LogP contribution < -0.4 is 15.4 Å². The van der Waals surface area contributed by atoms with Crippen molar-refractivity contribution in [3.05, 3.63) is 83.2 Å². The number of amides is 5. The summed E-state index contributed by atoms with van der Waals surface area (Å²) in [5, 5.41) is 5.45. The van der Waals surface area contributed by atoms with Gasteiger partial charge in [0.05, 0.1) is 18.8 Å². The maximum atomic E-state index is 14.5. The molecule has 1 aliphatic carbocycles. The van der Waals surface area contributed by atoms with E-state index in [1.54, 1.807) is 69.3 Å². The number of hydrogen-bond donors (Lipinski definition) is 3. The third kappa shape index (κ3) is 9.64. The van der Waals surface area contributed by atoms with Crippen molar-refractivity contribution in [2.45, 2.75) is 114 Å². The van der Waals surface area contributed by atoms with E-state index in [1.807, 2.05) is 6.08 Å². The molecule has 1 saturated carbocycles. The Kier molecular flexibility index (Phi) is 11.6. The van der Waals surface area contributed by atoms with E-state index in [9.17, 15) is 36.8 Å². The van der Waals surface area contributed by atoms with E-state index in [-0.39, 0.29) is 38.9 Å². The average Bonchev–Trinajstić information content (AvgIpc) is 3.40. The monoisotopic (exact) mass is 781 g/mol. The standard InChI is InChI=1S/C39H48FN5O9S/c1-38(2,3)54-36(49)41-31-18-11-6-4-5-10-16-27-20-39(27,35(48)43-55(51,52)24-25-13-8-7-9-14-25)42-33(46)32-19-28(22-45(32)34(31)47)53-37(50)44-21-26-15-12-17-30(40)29(26)23-44/h7-10,12-17,27-28,31-32H,4-6,11,18-24H2,1-3H3,(H,41,49)(H,42,46)(H,43,48)/b16-10-/t27-,28-,31+,32+,39-/m1/s1. The molecule has 2 fully saturated rings. The molecule has 296 valence electrons. The Bertz CT molecular complexity index is 1950. The number of fused-ring (bicyclic) bond motifs is 3. The number of ether oxygens (including phenoxy) is 2. The lowest BCUT2D eigenvalue weighted by Gasteiger charge is -2.30. The van der Waals surface area contributed by atoms with E-state index < -0.39 is 86.7 Å². The van der Waals surface area contributed by atoms with E-state index in [2.05, 4.69) is 15.4 Å². The summed E-state index contributed by atoms with van der Waals surface area (Å²) < 4.78 is 54.2. The van der Waals surface area contributed by atoms with E-state index >= 15 is 0 Å². The number of hydrogen-bond acceptors (Lipinski definition) is 9. The van der Waals surface area contributed by atoms with Gasteiger partial charge < -0.3 is 25.0 Å². The normalized spacial score (nSPS) is 26.3. The number of nitrogens with one attached hydrogen (secondary N) is 3. The minimum absolute atomic E-state index is 0.0122. The van der Waals surface area contributed by atoms with Gasteiger partial charge in [-0.2, -0.15) is 0 Å². The topological polar surface area (TPSA) is 181 Å². The fourth-order valence-corrected chi connectivity index (χ4v) is 8.57. The Morgan fingerprint density at radius 1 is 1.02 bits per heavy atom. The number of halogens is 1. The van der Waals surface area contributed by atoms with Crippen molar-refractivity contribution in [3.63, 3.8) is 0 Å². The Labute approximate surface area is 320 Å². The molecule has 55 heavy (non-hydrogen) atoms. The van der Waals surface area contributed by atoms with E-state index in [1.165, 1.54) is 15.9 Å². The molecule has 14 nitrogen and oxygen atoms in total. The van der Waals surface area contributed by atoms with Gasteiger partial charge in [0.25, 0.3) is 5.91 Å². The second-order valence-corrected chi connectivity index (χ2v) is 17.4. The molecular formula is C39H48FN5O9S. The molecule has 3 N–H and O–H groups in total. The molecule has 0 unspecified atom stereocenters. The van der Waals surface area contributed by atoms with Crippen LogP contribution in [0.2, 0.25) is 0 Å². The maximum absolute atomic E-state index is 14.5.